The first-order chi connectivity index (χ1) is 13.3. The van der Waals surface area contributed by atoms with Crippen molar-refractivity contribution in [1.29, 1.82) is 0 Å². The minimum absolute atomic E-state index is 0.104. The summed E-state index contributed by atoms with van der Waals surface area (Å²) in [5.41, 5.74) is -0.524. The predicted octanol–water partition coefficient (Wildman–Crippen LogP) is 2.02. The number of ether oxygens (including phenoxy) is 1. The molecule has 0 radical (unpaired) electrons. The third-order valence-electron chi connectivity index (χ3n) is 3.37. The second-order valence-corrected chi connectivity index (χ2v) is 6.94. The largest absolute Gasteiger partial charge is 0.465 e. The van der Waals surface area contributed by atoms with Gasteiger partial charge in [0, 0.05) is 12.5 Å². The van der Waals surface area contributed by atoms with Crippen LogP contribution < -0.4 is 16.2 Å². The Bertz CT molecular complexity index is 929. The number of amides is 2. The average molecular weight is 404 g/mol. The number of rotatable bonds is 7. The van der Waals surface area contributed by atoms with Crippen molar-refractivity contribution >= 4 is 41.1 Å². The van der Waals surface area contributed by atoms with Crippen LogP contribution in [0, 0.1) is 0 Å². The number of nitrogens with one attached hydrogen (secondary N) is 3. The van der Waals surface area contributed by atoms with Crippen LogP contribution in [0.25, 0.3) is 0 Å². The van der Waals surface area contributed by atoms with E-state index in [4.69, 9.17) is 4.74 Å². The van der Waals surface area contributed by atoms with Gasteiger partial charge in [0.05, 0.1) is 6.61 Å². The summed E-state index contributed by atoms with van der Waals surface area (Å²) in [5, 5.41) is 4.36. The van der Waals surface area contributed by atoms with Gasteiger partial charge in [0.1, 0.15) is 5.25 Å². The zero-order valence-electron chi connectivity index (χ0n) is 15.6. The first-order valence-corrected chi connectivity index (χ1v) is 9.31. The van der Waals surface area contributed by atoms with Crippen LogP contribution in [0.2, 0.25) is 0 Å². The molecule has 1 aromatic carbocycles. The topological polar surface area (TPSA) is 130 Å². The predicted molar refractivity (Wildman–Crippen MR) is 106 cm³/mol. The maximum absolute atomic E-state index is 12.5. The summed E-state index contributed by atoms with van der Waals surface area (Å²) < 4.78 is 4.92. The van der Waals surface area contributed by atoms with Crippen LogP contribution in [0.15, 0.2) is 40.3 Å². The summed E-state index contributed by atoms with van der Waals surface area (Å²) in [7, 11) is 0. The second kappa shape index (κ2) is 9.70. The van der Waals surface area contributed by atoms with Gasteiger partial charge >= 0.3 is 5.97 Å². The molecule has 2 aromatic rings. The normalized spacial score (nSPS) is 11.4. The Labute approximate surface area is 165 Å². The van der Waals surface area contributed by atoms with Crippen LogP contribution in [-0.2, 0) is 14.3 Å². The van der Waals surface area contributed by atoms with Crippen molar-refractivity contribution in [3.05, 3.63) is 46.2 Å². The van der Waals surface area contributed by atoms with Crippen molar-refractivity contribution < 1.29 is 19.1 Å². The molecule has 1 atom stereocenters. The molecule has 0 saturated carbocycles. The summed E-state index contributed by atoms with van der Waals surface area (Å²) in [5.74, 6) is -1.57. The number of aromatic nitrogens is 2. The molecule has 10 heteroatoms. The van der Waals surface area contributed by atoms with E-state index < -0.39 is 28.6 Å². The number of benzene rings is 1. The molecule has 0 aliphatic carbocycles. The van der Waals surface area contributed by atoms with Gasteiger partial charge in [0.2, 0.25) is 5.91 Å². The number of carbonyl (C=O) groups is 3. The van der Waals surface area contributed by atoms with E-state index in [9.17, 15) is 19.2 Å². The van der Waals surface area contributed by atoms with E-state index in [1.54, 1.807) is 44.2 Å². The maximum Gasteiger partial charge on any atom is 0.319 e. The third kappa shape index (κ3) is 5.68. The lowest BCUT2D eigenvalue weighted by Gasteiger charge is -2.13. The Morgan fingerprint density at radius 3 is 2.50 bits per heavy atom. The van der Waals surface area contributed by atoms with Crippen molar-refractivity contribution in [3.8, 4) is 0 Å². The Morgan fingerprint density at radius 1 is 1.21 bits per heavy atom. The minimum Gasteiger partial charge on any atom is -0.465 e. The standard InChI is InChI=1S/C18H20N4O5S/c1-4-27-17(26)10(2)28-18-21-14(19-11(3)23)13(16(25)22-18)20-15(24)12-8-6-5-7-9-12/h5-10H,4H2,1-3H3,(H,20,24)(H2,19,21,22,23,25)/t10-/m1/s1. The molecule has 1 aromatic heterocycles. The lowest BCUT2D eigenvalue weighted by atomic mass is 10.2. The SMILES string of the molecule is CCOC(=O)[C@@H](C)Sc1nc(NC(C)=O)c(NC(=O)c2ccccc2)c(=O)[nH]1. The molecule has 9 nitrogen and oxygen atoms in total. The van der Waals surface area contributed by atoms with Crippen LogP contribution in [0.3, 0.4) is 0 Å². The third-order valence-corrected chi connectivity index (χ3v) is 4.34. The molecule has 0 saturated heterocycles. The first kappa shape index (κ1) is 21.2. The van der Waals surface area contributed by atoms with Crippen molar-refractivity contribution in [2.24, 2.45) is 0 Å². The summed E-state index contributed by atoms with van der Waals surface area (Å²) in [6.07, 6.45) is 0. The molecule has 28 heavy (non-hydrogen) atoms. The molecule has 2 rings (SSSR count). The van der Waals surface area contributed by atoms with Gasteiger partial charge in [-0.3, -0.25) is 24.2 Å². The van der Waals surface area contributed by atoms with Crippen LogP contribution >= 0.6 is 11.8 Å². The maximum atomic E-state index is 12.5. The van der Waals surface area contributed by atoms with Crippen molar-refractivity contribution in [3.63, 3.8) is 0 Å². The number of aromatic amines is 1. The molecule has 0 bridgehead atoms. The van der Waals surface area contributed by atoms with Crippen LogP contribution in [-0.4, -0.2) is 39.6 Å². The molecular formula is C18H20N4O5S. The van der Waals surface area contributed by atoms with E-state index in [0.29, 0.717) is 5.56 Å². The fourth-order valence-electron chi connectivity index (χ4n) is 2.13. The Balaban J connectivity index is 2.32. The highest BCUT2D eigenvalue weighted by Gasteiger charge is 2.21. The van der Waals surface area contributed by atoms with Crippen molar-refractivity contribution in [2.45, 2.75) is 31.2 Å². The number of H-pyrrole nitrogens is 1. The van der Waals surface area contributed by atoms with E-state index in [0.717, 1.165) is 11.8 Å². The monoisotopic (exact) mass is 404 g/mol. The number of anilines is 2. The molecule has 2 amide bonds. The fourth-order valence-corrected chi connectivity index (χ4v) is 2.93. The molecular weight excluding hydrogens is 384 g/mol. The minimum atomic E-state index is -0.665. The van der Waals surface area contributed by atoms with E-state index in [1.807, 2.05) is 0 Å². The molecule has 1 heterocycles. The number of esters is 1. The van der Waals surface area contributed by atoms with Gasteiger partial charge in [0.15, 0.2) is 16.7 Å². The quantitative estimate of drug-likeness (QED) is 0.366. The Morgan fingerprint density at radius 2 is 1.89 bits per heavy atom. The average Bonchev–Trinajstić information content (AvgIpc) is 2.64. The van der Waals surface area contributed by atoms with Crippen molar-refractivity contribution in [2.75, 3.05) is 17.2 Å². The Kier molecular flexibility index (Phi) is 7.33. The summed E-state index contributed by atoms with van der Waals surface area (Å²) in [6, 6.07) is 8.29. The number of nitrogens with zero attached hydrogens (tertiary/aromatic N) is 1. The van der Waals surface area contributed by atoms with Crippen molar-refractivity contribution in [1.82, 2.24) is 9.97 Å². The molecule has 0 unspecified atom stereocenters. The summed E-state index contributed by atoms with van der Waals surface area (Å²) >= 11 is 0.966. The van der Waals surface area contributed by atoms with Gasteiger partial charge in [-0.2, -0.15) is 0 Å². The smallest absolute Gasteiger partial charge is 0.319 e. The molecule has 0 spiro atoms. The summed E-state index contributed by atoms with van der Waals surface area (Å²) in [6.45, 7) is 4.77. The van der Waals surface area contributed by atoms with Crippen LogP contribution in [0.5, 0.6) is 0 Å². The summed E-state index contributed by atoms with van der Waals surface area (Å²) in [4.78, 5) is 54.8. The highest BCUT2D eigenvalue weighted by Crippen LogP contribution is 2.23. The fraction of sp³-hybridized carbons (Fsp3) is 0.278. The van der Waals surface area contributed by atoms with Gasteiger partial charge in [0.25, 0.3) is 11.5 Å². The van der Waals surface area contributed by atoms with E-state index in [-0.39, 0.29) is 23.3 Å². The highest BCUT2D eigenvalue weighted by atomic mass is 32.2. The molecule has 0 fully saturated rings. The van der Waals surface area contributed by atoms with Gasteiger partial charge in [-0.25, -0.2) is 4.98 Å². The highest BCUT2D eigenvalue weighted by molar-refractivity contribution is 8.00. The van der Waals surface area contributed by atoms with E-state index in [2.05, 4.69) is 20.6 Å². The zero-order valence-corrected chi connectivity index (χ0v) is 16.4. The van der Waals surface area contributed by atoms with Gasteiger partial charge in [-0.15, -0.1) is 0 Å². The zero-order chi connectivity index (χ0) is 20.7. The second-order valence-electron chi connectivity index (χ2n) is 5.61. The number of carbonyl (C=O) groups excluding carboxylic acids is 3. The molecule has 0 aliphatic rings. The van der Waals surface area contributed by atoms with Gasteiger partial charge in [-0.1, -0.05) is 30.0 Å². The van der Waals surface area contributed by atoms with Gasteiger partial charge < -0.3 is 15.4 Å². The van der Waals surface area contributed by atoms with E-state index in [1.165, 1.54) is 6.92 Å². The molecule has 3 N–H and O–H groups in total. The number of hydrogen-bond acceptors (Lipinski definition) is 7. The first-order valence-electron chi connectivity index (χ1n) is 8.43. The van der Waals surface area contributed by atoms with Crippen LogP contribution in [0.4, 0.5) is 11.5 Å². The number of hydrogen-bond donors (Lipinski definition) is 3. The lowest BCUT2D eigenvalue weighted by Crippen LogP contribution is -2.25. The van der Waals surface area contributed by atoms with E-state index >= 15 is 0 Å². The number of thioether (sulfide) groups is 1. The molecule has 148 valence electrons. The molecule has 0 aliphatic heterocycles. The Hall–Kier alpha value is -3.14. The van der Waals surface area contributed by atoms with Gasteiger partial charge in [-0.05, 0) is 26.0 Å². The van der Waals surface area contributed by atoms with Crippen LogP contribution in [0.1, 0.15) is 31.1 Å². The lowest BCUT2D eigenvalue weighted by molar-refractivity contribution is -0.142.